The van der Waals surface area contributed by atoms with Gasteiger partial charge in [-0.1, -0.05) is 59.6 Å². The van der Waals surface area contributed by atoms with Crippen molar-refractivity contribution in [1.29, 1.82) is 0 Å². The summed E-state index contributed by atoms with van der Waals surface area (Å²) in [5.74, 6) is -1.45. The maximum atomic E-state index is 13.6. The highest BCUT2D eigenvalue weighted by atomic mass is 35.5. The molecule has 0 saturated carbocycles. The van der Waals surface area contributed by atoms with E-state index < -0.39 is 17.6 Å². The Morgan fingerprint density at radius 3 is 2.30 bits per heavy atom. The molecule has 7 heteroatoms. The second-order valence-electron chi connectivity index (χ2n) is 6.68. The first-order chi connectivity index (χ1) is 14.4. The third-order valence-electron chi connectivity index (χ3n) is 4.68. The molecule has 30 heavy (non-hydrogen) atoms. The average Bonchev–Trinajstić information content (AvgIpc) is 2.95. The van der Waals surface area contributed by atoms with Crippen LogP contribution in [0.4, 0.5) is 10.1 Å². The average molecular weight is 441 g/mol. The number of hydrogen-bond acceptors (Lipinski definition) is 3. The molecule has 4 rings (SSSR count). The predicted octanol–water partition coefficient (Wildman–Crippen LogP) is 5.52. The predicted molar refractivity (Wildman–Crippen MR) is 115 cm³/mol. The highest BCUT2D eigenvalue weighted by Gasteiger charge is 2.39. The maximum absolute atomic E-state index is 13.6. The number of nitrogens with zero attached hydrogens (tertiary/aromatic N) is 1. The van der Waals surface area contributed by atoms with Gasteiger partial charge in [-0.25, -0.2) is 4.39 Å². The van der Waals surface area contributed by atoms with E-state index in [9.17, 15) is 14.0 Å². The summed E-state index contributed by atoms with van der Waals surface area (Å²) < 4.78 is 13.6. The van der Waals surface area contributed by atoms with Crippen LogP contribution in [0.1, 0.15) is 11.1 Å². The molecule has 0 radical (unpaired) electrons. The Balaban J connectivity index is 1.76. The Bertz CT molecular complexity index is 1180. The van der Waals surface area contributed by atoms with Crippen LogP contribution < -0.4 is 5.32 Å². The highest BCUT2D eigenvalue weighted by Crippen LogP contribution is 2.33. The van der Waals surface area contributed by atoms with Crippen molar-refractivity contribution < 1.29 is 14.0 Å². The summed E-state index contributed by atoms with van der Waals surface area (Å²) >= 11 is 12.2. The number of anilines is 1. The van der Waals surface area contributed by atoms with E-state index in [1.807, 2.05) is 0 Å². The maximum Gasteiger partial charge on any atom is 0.278 e. The number of imide groups is 1. The van der Waals surface area contributed by atoms with E-state index in [1.165, 1.54) is 18.2 Å². The molecule has 1 N–H and O–H groups in total. The molecule has 0 spiro atoms. The van der Waals surface area contributed by atoms with Crippen molar-refractivity contribution in [2.24, 2.45) is 0 Å². The van der Waals surface area contributed by atoms with Crippen LogP contribution in [0.5, 0.6) is 0 Å². The highest BCUT2D eigenvalue weighted by molar-refractivity contribution is 6.37. The summed E-state index contributed by atoms with van der Waals surface area (Å²) in [6, 6.07) is 19.3. The second kappa shape index (κ2) is 8.30. The van der Waals surface area contributed by atoms with Crippen LogP contribution in [-0.2, 0) is 16.1 Å². The minimum absolute atomic E-state index is 0.0166. The Kier molecular flexibility index (Phi) is 5.57. The summed E-state index contributed by atoms with van der Waals surface area (Å²) in [6.07, 6.45) is 0. The summed E-state index contributed by atoms with van der Waals surface area (Å²) in [5, 5.41) is 3.88. The summed E-state index contributed by atoms with van der Waals surface area (Å²) in [6.45, 7) is 0.0166. The van der Waals surface area contributed by atoms with Gasteiger partial charge in [-0.2, -0.15) is 0 Å². The smallest absolute Gasteiger partial charge is 0.278 e. The molecule has 3 aromatic carbocycles. The van der Waals surface area contributed by atoms with Gasteiger partial charge in [0.1, 0.15) is 11.5 Å². The first kappa shape index (κ1) is 20.1. The summed E-state index contributed by atoms with van der Waals surface area (Å²) in [4.78, 5) is 27.6. The molecule has 0 fully saturated rings. The number of rotatable bonds is 5. The van der Waals surface area contributed by atoms with Crippen LogP contribution in [0.3, 0.4) is 0 Å². The zero-order valence-electron chi connectivity index (χ0n) is 15.5. The van der Waals surface area contributed by atoms with Gasteiger partial charge in [0.2, 0.25) is 0 Å². The van der Waals surface area contributed by atoms with Crippen LogP contribution in [0.2, 0.25) is 10.0 Å². The van der Waals surface area contributed by atoms with Gasteiger partial charge >= 0.3 is 0 Å². The van der Waals surface area contributed by atoms with Gasteiger partial charge in [-0.3, -0.25) is 14.5 Å². The molecule has 0 unspecified atom stereocenters. The first-order valence-electron chi connectivity index (χ1n) is 9.06. The fourth-order valence-electron chi connectivity index (χ4n) is 3.23. The molecule has 0 saturated heterocycles. The summed E-state index contributed by atoms with van der Waals surface area (Å²) in [5.41, 5.74) is 1.78. The third-order valence-corrected chi connectivity index (χ3v) is 5.30. The van der Waals surface area contributed by atoms with Gasteiger partial charge in [-0.05, 0) is 47.5 Å². The van der Waals surface area contributed by atoms with E-state index >= 15 is 0 Å². The van der Waals surface area contributed by atoms with E-state index in [2.05, 4.69) is 5.32 Å². The lowest BCUT2D eigenvalue weighted by Gasteiger charge is -2.16. The van der Waals surface area contributed by atoms with Gasteiger partial charge in [-0.15, -0.1) is 0 Å². The Morgan fingerprint density at radius 2 is 1.60 bits per heavy atom. The van der Waals surface area contributed by atoms with Gasteiger partial charge in [0.15, 0.2) is 0 Å². The van der Waals surface area contributed by atoms with Gasteiger partial charge in [0.25, 0.3) is 11.8 Å². The SMILES string of the molecule is O=C1C(Nc2cccc(F)c2)=C(c2ccc(Cl)cc2)C(=O)N1Cc1ccccc1Cl. The second-order valence-corrected chi connectivity index (χ2v) is 7.52. The van der Waals surface area contributed by atoms with E-state index in [0.717, 1.165) is 4.90 Å². The normalized spacial score (nSPS) is 13.9. The lowest BCUT2D eigenvalue weighted by atomic mass is 10.0. The largest absolute Gasteiger partial charge is 0.350 e. The van der Waals surface area contributed by atoms with Gasteiger partial charge in [0.05, 0.1) is 12.1 Å². The molecular weight excluding hydrogens is 426 g/mol. The van der Waals surface area contributed by atoms with E-state index in [4.69, 9.17) is 23.2 Å². The van der Waals surface area contributed by atoms with Crippen molar-refractivity contribution in [1.82, 2.24) is 4.90 Å². The lowest BCUT2D eigenvalue weighted by molar-refractivity contribution is -0.137. The van der Waals surface area contributed by atoms with E-state index in [0.29, 0.717) is 26.9 Å². The fourth-order valence-corrected chi connectivity index (χ4v) is 3.55. The lowest BCUT2D eigenvalue weighted by Crippen LogP contribution is -2.32. The molecular formula is C23H15Cl2FN2O2. The molecule has 0 bridgehead atoms. The molecule has 4 nitrogen and oxygen atoms in total. The van der Waals surface area contributed by atoms with E-state index in [-0.39, 0.29) is 17.8 Å². The van der Waals surface area contributed by atoms with Crippen molar-refractivity contribution in [3.63, 3.8) is 0 Å². The van der Waals surface area contributed by atoms with E-state index in [1.54, 1.807) is 54.6 Å². The fraction of sp³-hybridized carbons (Fsp3) is 0.0435. The number of hydrogen-bond donors (Lipinski definition) is 1. The molecule has 1 aliphatic rings. The molecule has 150 valence electrons. The molecule has 0 aliphatic carbocycles. The van der Waals surface area contributed by atoms with Crippen LogP contribution in [-0.4, -0.2) is 16.7 Å². The monoisotopic (exact) mass is 440 g/mol. The number of benzene rings is 3. The zero-order valence-corrected chi connectivity index (χ0v) is 17.0. The quantitative estimate of drug-likeness (QED) is 0.531. The molecule has 0 atom stereocenters. The zero-order chi connectivity index (χ0) is 21.3. The standard InChI is InChI=1S/C23H15Cl2FN2O2/c24-16-10-8-14(9-11-16)20-21(27-18-6-3-5-17(26)12-18)23(30)28(22(20)29)13-15-4-1-2-7-19(15)25/h1-12,27H,13H2. The van der Waals surface area contributed by atoms with Crippen LogP contribution in [0.15, 0.2) is 78.5 Å². The van der Waals surface area contributed by atoms with Crippen molar-refractivity contribution in [2.75, 3.05) is 5.32 Å². The number of amides is 2. The van der Waals surface area contributed by atoms with Gasteiger partial charge < -0.3 is 5.32 Å². The first-order valence-corrected chi connectivity index (χ1v) is 9.82. The third kappa shape index (κ3) is 3.95. The minimum Gasteiger partial charge on any atom is -0.350 e. The molecule has 0 aromatic heterocycles. The molecule has 1 heterocycles. The number of nitrogens with one attached hydrogen (secondary N) is 1. The molecule has 1 aliphatic heterocycles. The van der Waals surface area contributed by atoms with Crippen molar-refractivity contribution in [3.05, 3.63) is 105 Å². The van der Waals surface area contributed by atoms with Gasteiger partial charge in [0, 0.05) is 15.7 Å². The number of carbonyl (C=O) groups excluding carboxylic acids is 2. The molecule has 3 aromatic rings. The Hall–Kier alpha value is -3.15. The van der Waals surface area contributed by atoms with Crippen LogP contribution >= 0.6 is 23.2 Å². The van der Waals surface area contributed by atoms with Crippen LogP contribution in [0, 0.1) is 5.82 Å². The minimum atomic E-state index is -0.519. The van der Waals surface area contributed by atoms with Crippen molar-refractivity contribution in [3.8, 4) is 0 Å². The number of halogens is 3. The Morgan fingerprint density at radius 1 is 0.867 bits per heavy atom. The Labute approximate surface area is 182 Å². The van der Waals surface area contributed by atoms with Crippen molar-refractivity contribution in [2.45, 2.75) is 6.54 Å². The number of carbonyl (C=O) groups is 2. The van der Waals surface area contributed by atoms with Crippen molar-refractivity contribution >= 4 is 46.3 Å². The topological polar surface area (TPSA) is 49.4 Å². The summed E-state index contributed by atoms with van der Waals surface area (Å²) in [7, 11) is 0. The van der Waals surface area contributed by atoms with Crippen LogP contribution in [0.25, 0.3) is 5.57 Å². The molecule has 2 amide bonds.